The number of sulfonamides is 1. The van der Waals surface area contributed by atoms with E-state index in [-0.39, 0.29) is 23.5 Å². The third kappa shape index (κ3) is 3.46. The fraction of sp³-hybridized carbons (Fsp3) is 0.500. The summed E-state index contributed by atoms with van der Waals surface area (Å²) in [6.07, 6.45) is 3.14. The average Bonchev–Trinajstić information content (AvgIpc) is 2.47. The molecule has 1 aliphatic rings. The molecule has 0 saturated carbocycles. The molecular weight excluding hydrogens is 300 g/mol. The van der Waals surface area contributed by atoms with Crippen molar-refractivity contribution in [3.8, 4) is 6.07 Å². The van der Waals surface area contributed by atoms with E-state index in [0.29, 0.717) is 18.7 Å². The number of nitrogens with zero attached hydrogens (tertiary/aromatic N) is 3. The van der Waals surface area contributed by atoms with Crippen molar-refractivity contribution in [2.75, 3.05) is 20.1 Å². The lowest BCUT2D eigenvalue weighted by Gasteiger charge is -2.31. The molecule has 2 rings (SSSR count). The quantitative estimate of drug-likeness (QED) is 0.889. The van der Waals surface area contributed by atoms with Crippen LogP contribution in [-0.4, -0.2) is 43.9 Å². The van der Waals surface area contributed by atoms with Gasteiger partial charge in [0.15, 0.2) is 5.03 Å². The number of hydrogen-bond donors (Lipinski definition) is 1. The monoisotopic (exact) mass is 316 g/mol. The molecule has 0 radical (unpaired) electrons. The lowest BCUT2D eigenvalue weighted by molar-refractivity contribution is 0.292. The van der Waals surface area contributed by atoms with E-state index < -0.39 is 10.0 Å². The van der Waals surface area contributed by atoms with Crippen LogP contribution in [0.5, 0.6) is 0 Å². The van der Waals surface area contributed by atoms with Gasteiger partial charge >= 0.3 is 0 Å². The fourth-order valence-electron chi connectivity index (χ4n) is 2.15. The second-order valence-electron chi connectivity index (χ2n) is 4.49. The van der Waals surface area contributed by atoms with Crippen LogP contribution in [0.4, 0.5) is 0 Å². The molecule has 1 aliphatic heterocycles. The molecule has 110 valence electrons. The minimum absolute atomic E-state index is 0. The predicted octanol–water partition coefficient (Wildman–Crippen LogP) is 0.748. The molecule has 1 unspecified atom stereocenters. The molecule has 1 atom stereocenters. The van der Waals surface area contributed by atoms with Crippen LogP contribution in [0.25, 0.3) is 0 Å². The van der Waals surface area contributed by atoms with Gasteiger partial charge in [-0.05, 0) is 32.0 Å². The lowest BCUT2D eigenvalue weighted by Crippen LogP contribution is -2.47. The highest BCUT2D eigenvalue weighted by Crippen LogP contribution is 2.19. The highest BCUT2D eigenvalue weighted by molar-refractivity contribution is 7.89. The Bertz CT molecular complexity index is 600. The van der Waals surface area contributed by atoms with Gasteiger partial charge in [-0.3, -0.25) is 0 Å². The molecular formula is C12H17ClN4O2S. The largest absolute Gasteiger partial charge is 0.316 e. The number of likely N-dealkylation sites (N-methyl/N-ethyl adjacent to an activating group) is 1. The smallest absolute Gasteiger partial charge is 0.260 e. The molecule has 2 heterocycles. The Morgan fingerprint density at radius 2 is 2.30 bits per heavy atom. The third-order valence-corrected chi connectivity index (χ3v) is 5.02. The molecule has 0 spiro atoms. The van der Waals surface area contributed by atoms with Gasteiger partial charge in [0.2, 0.25) is 0 Å². The first-order valence-corrected chi connectivity index (χ1v) is 7.55. The number of halogens is 1. The average molecular weight is 317 g/mol. The molecule has 1 saturated heterocycles. The Labute approximate surface area is 125 Å². The van der Waals surface area contributed by atoms with Gasteiger partial charge in [0, 0.05) is 25.3 Å². The normalized spacial score (nSPS) is 19.9. The van der Waals surface area contributed by atoms with Crippen LogP contribution in [0.3, 0.4) is 0 Å². The minimum Gasteiger partial charge on any atom is -0.316 e. The number of pyridine rings is 1. The van der Waals surface area contributed by atoms with Gasteiger partial charge in [-0.2, -0.15) is 9.57 Å². The van der Waals surface area contributed by atoms with Gasteiger partial charge in [0.05, 0.1) is 11.6 Å². The number of nitriles is 1. The van der Waals surface area contributed by atoms with E-state index in [1.165, 1.54) is 22.6 Å². The van der Waals surface area contributed by atoms with E-state index in [4.69, 9.17) is 5.26 Å². The fourth-order valence-corrected chi connectivity index (χ4v) is 3.63. The maximum Gasteiger partial charge on any atom is 0.260 e. The van der Waals surface area contributed by atoms with Gasteiger partial charge in [0.1, 0.15) is 0 Å². The zero-order valence-corrected chi connectivity index (χ0v) is 12.7. The Kier molecular flexibility index (Phi) is 5.89. The maximum absolute atomic E-state index is 12.4. The Hall–Kier alpha value is -1.20. The summed E-state index contributed by atoms with van der Waals surface area (Å²) >= 11 is 0. The lowest BCUT2D eigenvalue weighted by atomic mass is 10.1. The Morgan fingerprint density at radius 1 is 1.55 bits per heavy atom. The standard InChI is InChI=1S/C12H16N4O2S.ClH/c1-14-11-3-2-6-16(9-11)19(17,18)12-7-10(8-13)4-5-15-12;/h4-5,7,11,14H,2-3,6,9H2,1H3;1H. The second kappa shape index (κ2) is 6.99. The summed E-state index contributed by atoms with van der Waals surface area (Å²) in [4.78, 5) is 3.88. The first-order valence-electron chi connectivity index (χ1n) is 6.11. The summed E-state index contributed by atoms with van der Waals surface area (Å²) in [5.74, 6) is 0. The van der Waals surface area contributed by atoms with Crippen molar-refractivity contribution in [1.29, 1.82) is 5.26 Å². The Balaban J connectivity index is 0.00000200. The molecule has 1 aromatic rings. The maximum atomic E-state index is 12.4. The van der Waals surface area contributed by atoms with Crippen molar-refractivity contribution >= 4 is 22.4 Å². The summed E-state index contributed by atoms with van der Waals surface area (Å²) in [5, 5.41) is 11.9. The van der Waals surface area contributed by atoms with Crippen molar-refractivity contribution in [2.24, 2.45) is 0 Å². The van der Waals surface area contributed by atoms with Crippen molar-refractivity contribution in [3.05, 3.63) is 23.9 Å². The third-order valence-electron chi connectivity index (χ3n) is 3.26. The van der Waals surface area contributed by atoms with E-state index in [1.54, 1.807) is 0 Å². The molecule has 6 nitrogen and oxygen atoms in total. The second-order valence-corrected chi connectivity index (χ2v) is 6.37. The highest BCUT2D eigenvalue weighted by atomic mass is 35.5. The molecule has 1 fully saturated rings. The van der Waals surface area contributed by atoms with E-state index >= 15 is 0 Å². The van der Waals surface area contributed by atoms with E-state index in [9.17, 15) is 8.42 Å². The van der Waals surface area contributed by atoms with E-state index in [1.807, 2.05) is 13.1 Å². The van der Waals surface area contributed by atoms with Crippen LogP contribution < -0.4 is 5.32 Å². The van der Waals surface area contributed by atoms with Gasteiger partial charge in [0.25, 0.3) is 10.0 Å². The molecule has 0 aromatic carbocycles. The van der Waals surface area contributed by atoms with Gasteiger partial charge in [-0.1, -0.05) is 0 Å². The van der Waals surface area contributed by atoms with Crippen molar-refractivity contribution in [2.45, 2.75) is 23.9 Å². The topological polar surface area (TPSA) is 86.1 Å². The SMILES string of the molecule is CNC1CCCN(S(=O)(=O)c2cc(C#N)ccn2)C1.Cl. The van der Waals surface area contributed by atoms with Crippen molar-refractivity contribution in [1.82, 2.24) is 14.6 Å². The first kappa shape index (κ1) is 16.9. The Morgan fingerprint density at radius 3 is 2.95 bits per heavy atom. The molecule has 0 aliphatic carbocycles. The van der Waals surface area contributed by atoms with Crippen LogP contribution in [-0.2, 0) is 10.0 Å². The summed E-state index contributed by atoms with van der Waals surface area (Å²) in [6.45, 7) is 0.941. The summed E-state index contributed by atoms with van der Waals surface area (Å²) < 4.78 is 26.3. The molecule has 0 amide bonds. The zero-order chi connectivity index (χ0) is 13.9. The van der Waals surface area contributed by atoms with Crippen LogP contribution in [0, 0.1) is 11.3 Å². The molecule has 20 heavy (non-hydrogen) atoms. The summed E-state index contributed by atoms with van der Waals surface area (Å²) in [5.41, 5.74) is 0.302. The predicted molar refractivity (Wildman–Crippen MR) is 77.0 cm³/mol. The van der Waals surface area contributed by atoms with Crippen LogP contribution in [0.2, 0.25) is 0 Å². The number of nitrogens with one attached hydrogen (secondary N) is 1. The molecule has 0 bridgehead atoms. The van der Waals surface area contributed by atoms with Gasteiger partial charge < -0.3 is 5.32 Å². The number of hydrogen-bond acceptors (Lipinski definition) is 5. The van der Waals surface area contributed by atoms with Crippen LogP contribution in [0.15, 0.2) is 23.4 Å². The minimum atomic E-state index is -3.61. The molecule has 1 N–H and O–H groups in total. The van der Waals surface area contributed by atoms with E-state index in [0.717, 1.165) is 12.8 Å². The number of rotatable bonds is 3. The van der Waals surface area contributed by atoms with Crippen molar-refractivity contribution < 1.29 is 8.42 Å². The van der Waals surface area contributed by atoms with Crippen molar-refractivity contribution in [3.63, 3.8) is 0 Å². The molecule has 8 heteroatoms. The zero-order valence-electron chi connectivity index (χ0n) is 11.1. The summed E-state index contributed by atoms with van der Waals surface area (Å²) in [7, 11) is -1.78. The number of aromatic nitrogens is 1. The molecule has 1 aromatic heterocycles. The van der Waals surface area contributed by atoms with Crippen LogP contribution in [0.1, 0.15) is 18.4 Å². The summed E-state index contributed by atoms with van der Waals surface area (Å²) in [6, 6.07) is 4.91. The van der Waals surface area contributed by atoms with Gasteiger partial charge in [-0.15, -0.1) is 12.4 Å². The number of piperidine rings is 1. The first-order chi connectivity index (χ1) is 9.07. The van der Waals surface area contributed by atoms with E-state index in [2.05, 4.69) is 10.3 Å². The van der Waals surface area contributed by atoms with Crippen LogP contribution >= 0.6 is 12.4 Å². The highest BCUT2D eigenvalue weighted by Gasteiger charge is 2.30. The van der Waals surface area contributed by atoms with Gasteiger partial charge in [-0.25, -0.2) is 13.4 Å².